The smallest absolute Gasteiger partial charge is 0.255 e. The molecule has 0 unspecified atom stereocenters. The van der Waals surface area contributed by atoms with Crippen molar-refractivity contribution in [2.24, 2.45) is 0 Å². The second-order valence-corrected chi connectivity index (χ2v) is 11.5. The number of sulfonamides is 1. The van der Waals surface area contributed by atoms with E-state index in [2.05, 4.69) is 10.0 Å². The Morgan fingerprint density at radius 2 is 1.61 bits per heavy atom. The fraction of sp³-hybridized carbons (Fsp3) is 0.167. The molecule has 4 rings (SSSR count). The summed E-state index contributed by atoms with van der Waals surface area (Å²) in [6.45, 7) is 5.37. The molecule has 0 spiro atoms. The van der Waals surface area contributed by atoms with Crippen LogP contribution in [-0.2, 0) is 16.6 Å². The van der Waals surface area contributed by atoms with E-state index in [0.717, 1.165) is 22.3 Å². The summed E-state index contributed by atoms with van der Waals surface area (Å²) in [6, 6.07) is 26.6. The predicted molar refractivity (Wildman–Crippen MR) is 151 cm³/mol. The minimum atomic E-state index is -3.45. The largest absolute Gasteiger partial charge is 0.508 e. The van der Waals surface area contributed by atoms with E-state index in [1.54, 1.807) is 86.6 Å². The van der Waals surface area contributed by atoms with Gasteiger partial charge in [0.1, 0.15) is 18.1 Å². The van der Waals surface area contributed by atoms with E-state index in [0.29, 0.717) is 22.7 Å². The third kappa shape index (κ3) is 6.92. The van der Waals surface area contributed by atoms with Crippen LogP contribution in [-0.4, -0.2) is 24.7 Å². The number of amides is 1. The van der Waals surface area contributed by atoms with Gasteiger partial charge in [-0.15, -0.1) is 0 Å². The SMILES string of the molecule is Cc1cc(COc2cccc(NC(=O)c3cccc(-c4ccc(O)cc4)c3)c2)cc(NS(=O)(=O)C(C)C)c1. The Balaban J connectivity index is 1.43. The average molecular weight is 531 g/mol. The van der Waals surface area contributed by atoms with Crippen molar-refractivity contribution in [3.8, 4) is 22.6 Å². The molecule has 196 valence electrons. The highest BCUT2D eigenvalue weighted by Gasteiger charge is 2.16. The van der Waals surface area contributed by atoms with Crippen molar-refractivity contribution in [2.75, 3.05) is 10.0 Å². The normalized spacial score (nSPS) is 11.3. The van der Waals surface area contributed by atoms with Gasteiger partial charge >= 0.3 is 0 Å². The van der Waals surface area contributed by atoms with Crippen LogP contribution in [0.15, 0.2) is 91.0 Å². The molecule has 0 aromatic heterocycles. The van der Waals surface area contributed by atoms with Crippen LogP contribution < -0.4 is 14.8 Å². The lowest BCUT2D eigenvalue weighted by atomic mass is 10.0. The molecule has 7 nitrogen and oxygen atoms in total. The van der Waals surface area contributed by atoms with Crippen molar-refractivity contribution in [3.05, 3.63) is 108 Å². The maximum Gasteiger partial charge on any atom is 0.255 e. The van der Waals surface area contributed by atoms with E-state index < -0.39 is 15.3 Å². The van der Waals surface area contributed by atoms with Gasteiger partial charge in [-0.3, -0.25) is 9.52 Å². The molecule has 0 saturated carbocycles. The van der Waals surface area contributed by atoms with Gasteiger partial charge in [-0.2, -0.15) is 0 Å². The molecule has 0 heterocycles. The number of carbonyl (C=O) groups excluding carboxylic acids is 1. The molecule has 0 fully saturated rings. The molecule has 0 aliphatic carbocycles. The Bertz CT molecular complexity index is 1550. The first kappa shape index (κ1) is 26.8. The lowest BCUT2D eigenvalue weighted by molar-refractivity contribution is 0.102. The molecule has 8 heteroatoms. The zero-order valence-electron chi connectivity index (χ0n) is 21.4. The van der Waals surface area contributed by atoms with Gasteiger partial charge in [-0.25, -0.2) is 8.42 Å². The number of anilines is 2. The van der Waals surface area contributed by atoms with Crippen molar-refractivity contribution >= 4 is 27.3 Å². The number of rotatable bonds is 9. The summed E-state index contributed by atoms with van der Waals surface area (Å²) < 4.78 is 33.1. The Kier molecular flexibility index (Phi) is 8.02. The minimum Gasteiger partial charge on any atom is -0.508 e. The van der Waals surface area contributed by atoms with Crippen LogP contribution in [0.25, 0.3) is 11.1 Å². The summed E-state index contributed by atoms with van der Waals surface area (Å²) in [6.07, 6.45) is 0. The number of nitrogens with one attached hydrogen (secondary N) is 2. The van der Waals surface area contributed by atoms with Crippen molar-refractivity contribution in [3.63, 3.8) is 0 Å². The van der Waals surface area contributed by atoms with Crippen LogP contribution in [0.4, 0.5) is 11.4 Å². The van der Waals surface area contributed by atoms with Crippen LogP contribution >= 0.6 is 0 Å². The number of ether oxygens (including phenoxy) is 1. The van der Waals surface area contributed by atoms with Crippen LogP contribution in [0.2, 0.25) is 0 Å². The first-order chi connectivity index (χ1) is 18.1. The molecule has 0 bridgehead atoms. The third-order valence-electron chi connectivity index (χ3n) is 5.84. The number of benzene rings is 4. The summed E-state index contributed by atoms with van der Waals surface area (Å²) in [4.78, 5) is 12.9. The molecule has 4 aromatic carbocycles. The van der Waals surface area contributed by atoms with Crippen LogP contribution in [0.3, 0.4) is 0 Å². The number of aryl methyl sites for hydroxylation is 1. The maximum absolute atomic E-state index is 12.9. The van der Waals surface area contributed by atoms with Crippen LogP contribution in [0.5, 0.6) is 11.5 Å². The molecule has 0 radical (unpaired) electrons. The summed E-state index contributed by atoms with van der Waals surface area (Å²) in [7, 11) is -3.45. The second kappa shape index (κ2) is 11.4. The molecular formula is C30H30N2O5S. The lowest BCUT2D eigenvalue weighted by Crippen LogP contribution is -2.22. The monoisotopic (exact) mass is 530 g/mol. The van der Waals surface area contributed by atoms with Crippen molar-refractivity contribution in [2.45, 2.75) is 32.6 Å². The summed E-state index contributed by atoms with van der Waals surface area (Å²) in [5, 5.41) is 11.9. The molecule has 0 aliphatic heterocycles. The molecule has 0 atom stereocenters. The lowest BCUT2D eigenvalue weighted by Gasteiger charge is -2.14. The average Bonchev–Trinajstić information content (AvgIpc) is 2.87. The quantitative estimate of drug-likeness (QED) is 0.234. The van der Waals surface area contributed by atoms with Crippen molar-refractivity contribution in [1.29, 1.82) is 0 Å². The highest BCUT2D eigenvalue weighted by atomic mass is 32.2. The predicted octanol–water partition coefficient (Wildman–Crippen LogP) is 6.35. The number of hydrogen-bond acceptors (Lipinski definition) is 5. The zero-order valence-corrected chi connectivity index (χ0v) is 22.2. The van der Waals surface area contributed by atoms with Crippen molar-refractivity contribution < 1.29 is 23.1 Å². The molecule has 0 saturated heterocycles. The molecule has 0 aliphatic rings. The van der Waals surface area contributed by atoms with E-state index in [9.17, 15) is 18.3 Å². The third-order valence-corrected chi connectivity index (χ3v) is 7.60. The zero-order chi connectivity index (χ0) is 27.3. The van der Waals surface area contributed by atoms with E-state index >= 15 is 0 Å². The topological polar surface area (TPSA) is 105 Å². The van der Waals surface area contributed by atoms with Crippen LogP contribution in [0.1, 0.15) is 35.3 Å². The second-order valence-electron chi connectivity index (χ2n) is 9.30. The van der Waals surface area contributed by atoms with Gasteiger partial charge in [-0.05, 0) is 91.6 Å². The van der Waals surface area contributed by atoms with Gasteiger partial charge in [0.25, 0.3) is 5.91 Å². The maximum atomic E-state index is 12.9. The summed E-state index contributed by atoms with van der Waals surface area (Å²) in [5.74, 6) is 0.485. The Morgan fingerprint density at radius 3 is 2.34 bits per heavy atom. The van der Waals surface area contributed by atoms with Gasteiger partial charge in [0.15, 0.2) is 0 Å². The molecule has 1 amide bonds. The number of aromatic hydroxyl groups is 1. The van der Waals surface area contributed by atoms with E-state index in [4.69, 9.17) is 4.74 Å². The first-order valence-electron chi connectivity index (χ1n) is 12.1. The number of phenolic OH excluding ortho intramolecular Hbond substituents is 1. The molecule has 38 heavy (non-hydrogen) atoms. The summed E-state index contributed by atoms with van der Waals surface area (Å²) >= 11 is 0. The Hall–Kier alpha value is -4.30. The van der Waals surface area contributed by atoms with Gasteiger partial charge in [0.2, 0.25) is 10.0 Å². The fourth-order valence-corrected chi connectivity index (χ4v) is 4.50. The van der Waals surface area contributed by atoms with Gasteiger partial charge < -0.3 is 15.2 Å². The van der Waals surface area contributed by atoms with Gasteiger partial charge in [-0.1, -0.05) is 36.4 Å². The minimum absolute atomic E-state index is 0.184. The Morgan fingerprint density at radius 1 is 0.868 bits per heavy atom. The van der Waals surface area contributed by atoms with Crippen LogP contribution in [0, 0.1) is 6.92 Å². The van der Waals surface area contributed by atoms with Gasteiger partial charge in [0.05, 0.1) is 5.25 Å². The molecular weight excluding hydrogens is 500 g/mol. The van der Waals surface area contributed by atoms with Crippen molar-refractivity contribution in [1.82, 2.24) is 0 Å². The van der Waals surface area contributed by atoms with E-state index in [1.165, 1.54) is 0 Å². The molecule has 4 aromatic rings. The number of phenols is 1. The summed E-state index contributed by atoms with van der Waals surface area (Å²) in [5.41, 5.74) is 5.05. The molecule has 3 N–H and O–H groups in total. The highest BCUT2D eigenvalue weighted by molar-refractivity contribution is 7.93. The Labute approximate surface area is 223 Å². The number of hydrogen-bond donors (Lipinski definition) is 3. The van der Waals surface area contributed by atoms with Gasteiger partial charge in [0, 0.05) is 23.0 Å². The standard InChI is InChI=1S/C30H30N2O5S/c1-20(2)38(35,36)32-27-15-21(3)14-22(16-27)19-37-29-9-5-8-26(18-29)31-30(34)25-7-4-6-24(17-25)23-10-12-28(33)13-11-23/h4-18,20,32-33H,19H2,1-3H3,(H,31,34). The number of carbonyl (C=O) groups is 1. The fourth-order valence-electron chi connectivity index (χ4n) is 3.81. The van der Waals surface area contributed by atoms with E-state index in [1.807, 2.05) is 25.1 Å². The van der Waals surface area contributed by atoms with E-state index in [-0.39, 0.29) is 18.3 Å². The highest BCUT2D eigenvalue weighted by Crippen LogP contribution is 2.25. The first-order valence-corrected chi connectivity index (χ1v) is 13.7.